The van der Waals surface area contributed by atoms with Gasteiger partial charge in [0.15, 0.2) is 5.75 Å². The molecular formula is C14H19N3O5. The summed E-state index contributed by atoms with van der Waals surface area (Å²) in [6.07, 6.45) is -0.491. The predicted octanol–water partition coefficient (Wildman–Crippen LogP) is 0.304. The van der Waals surface area contributed by atoms with Gasteiger partial charge in [0.2, 0.25) is 0 Å². The minimum atomic E-state index is -0.577. The number of aliphatic hydroxyl groups excluding tert-OH is 1. The Balaban J connectivity index is 2.06. The molecule has 2 atom stereocenters. The van der Waals surface area contributed by atoms with Crippen molar-refractivity contribution in [3.63, 3.8) is 0 Å². The molecular weight excluding hydrogens is 290 g/mol. The fourth-order valence-electron chi connectivity index (χ4n) is 2.33. The van der Waals surface area contributed by atoms with Crippen LogP contribution in [0, 0.1) is 16.0 Å². The van der Waals surface area contributed by atoms with Crippen LogP contribution in [0.2, 0.25) is 0 Å². The first-order valence-electron chi connectivity index (χ1n) is 7.11. The lowest BCUT2D eigenvalue weighted by Gasteiger charge is -2.14. The summed E-state index contributed by atoms with van der Waals surface area (Å²) >= 11 is 0. The van der Waals surface area contributed by atoms with Crippen LogP contribution in [0.1, 0.15) is 17.3 Å². The van der Waals surface area contributed by atoms with E-state index in [1.165, 1.54) is 18.2 Å². The van der Waals surface area contributed by atoms with Gasteiger partial charge in [0.25, 0.3) is 5.91 Å². The van der Waals surface area contributed by atoms with Crippen LogP contribution in [0.3, 0.4) is 0 Å². The van der Waals surface area contributed by atoms with Crippen molar-refractivity contribution in [2.75, 3.05) is 26.2 Å². The van der Waals surface area contributed by atoms with Crippen LogP contribution in [0.5, 0.6) is 5.75 Å². The molecule has 0 bridgehead atoms. The third-order valence-corrected chi connectivity index (χ3v) is 3.55. The van der Waals surface area contributed by atoms with Crippen LogP contribution < -0.4 is 15.4 Å². The van der Waals surface area contributed by atoms with Gasteiger partial charge in [-0.3, -0.25) is 14.9 Å². The molecule has 0 aliphatic carbocycles. The molecule has 3 N–H and O–H groups in total. The van der Waals surface area contributed by atoms with Crippen LogP contribution in [-0.4, -0.2) is 48.3 Å². The summed E-state index contributed by atoms with van der Waals surface area (Å²) < 4.78 is 5.17. The van der Waals surface area contributed by atoms with E-state index in [0.717, 1.165) is 0 Å². The van der Waals surface area contributed by atoms with Crippen LogP contribution in [-0.2, 0) is 0 Å². The van der Waals surface area contributed by atoms with Crippen LogP contribution in [0.25, 0.3) is 0 Å². The number of benzene rings is 1. The van der Waals surface area contributed by atoms with Crippen LogP contribution in [0.4, 0.5) is 5.69 Å². The van der Waals surface area contributed by atoms with Crippen LogP contribution in [0.15, 0.2) is 18.2 Å². The van der Waals surface area contributed by atoms with Gasteiger partial charge in [0.1, 0.15) is 0 Å². The number of ether oxygens (including phenoxy) is 1. The molecule has 1 aliphatic heterocycles. The number of carbonyl (C=O) groups excluding carboxylic acids is 1. The quantitative estimate of drug-likeness (QED) is 0.514. The molecule has 1 heterocycles. The lowest BCUT2D eigenvalue weighted by molar-refractivity contribution is -0.385. The molecule has 120 valence electrons. The highest BCUT2D eigenvalue weighted by molar-refractivity contribution is 5.95. The van der Waals surface area contributed by atoms with E-state index in [1.807, 2.05) is 0 Å². The largest absolute Gasteiger partial charge is 0.487 e. The molecule has 0 saturated carbocycles. The zero-order valence-corrected chi connectivity index (χ0v) is 12.2. The van der Waals surface area contributed by atoms with Gasteiger partial charge < -0.3 is 20.5 Å². The summed E-state index contributed by atoms with van der Waals surface area (Å²) in [6.45, 7) is 3.48. The summed E-state index contributed by atoms with van der Waals surface area (Å²) in [5.74, 6) is -0.327. The van der Waals surface area contributed by atoms with Crippen molar-refractivity contribution < 1.29 is 19.6 Å². The average Bonchev–Trinajstić information content (AvgIpc) is 2.90. The Morgan fingerprint density at radius 2 is 2.32 bits per heavy atom. The van der Waals surface area contributed by atoms with Crippen molar-refractivity contribution in [3.05, 3.63) is 33.9 Å². The fourth-order valence-corrected chi connectivity index (χ4v) is 2.33. The number of hydrogen-bond acceptors (Lipinski definition) is 6. The third-order valence-electron chi connectivity index (χ3n) is 3.55. The first-order chi connectivity index (χ1) is 10.5. The SMILES string of the molecule is CCOc1ccc(C(=O)NCC2CNCC2O)cc1[N+](=O)[O-]. The van der Waals surface area contributed by atoms with E-state index in [1.54, 1.807) is 6.92 Å². The highest BCUT2D eigenvalue weighted by Crippen LogP contribution is 2.27. The Bertz CT molecular complexity index is 563. The molecule has 1 aromatic carbocycles. The number of amides is 1. The molecule has 0 radical (unpaired) electrons. The summed E-state index contributed by atoms with van der Waals surface area (Å²) in [5.41, 5.74) is -0.0485. The minimum Gasteiger partial charge on any atom is -0.487 e. The normalized spacial score (nSPS) is 20.6. The number of nitrogens with zero attached hydrogens (tertiary/aromatic N) is 1. The van der Waals surface area contributed by atoms with E-state index in [2.05, 4.69) is 10.6 Å². The Hall–Kier alpha value is -2.19. The summed E-state index contributed by atoms with van der Waals surface area (Å²) in [7, 11) is 0. The molecule has 8 nitrogen and oxygen atoms in total. The first kappa shape index (κ1) is 16.2. The fraction of sp³-hybridized carbons (Fsp3) is 0.500. The molecule has 2 unspecified atom stereocenters. The standard InChI is InChI=1S/C14H19N3O5/c1-2-22-13-4-3-9(5-11(13)17(20)21)14(19)16-7-10-6-15-8-12(10)18/h3-5,10,12,15,18H,2,6-8H2,1H3,(H,16,19). The molecule has 1 fully saturated rings. The molecule has 22 heavy (non-hydrogen) atoms. The second kappa shape index (κ2) is 7.19. The summed E-state index contributed by atoms with van der Waals surface area (Å²) in [6, 6.07) is 4.10. The minimum absolute atomic E-state index is 0.0540. The maximum Gasteiger partial charge on any atom is 0.311 e. The van der Waals surface area contributed by atoms with Gasteiger partial charge in [-0.05, 0) is 19.1 Å². The number of nitro groups is 1. The molecule has 0 spiro atoms. The van der Waals surface area contributed by atoms with E-state index >= 15 is 0 Å². The van der Waals surface area contributed by atoms with Gasteiger partial charge in [-0.1, -0.05) is 0 Å². The first-order valence-corrected chi connectivity index (χ1v) is 7.11. The maximum absolute atomic E-state index is 12.1. The van der Waals surface area contributed by atoms with E-state index in [-0.39, 0.29) is 22.9 Å². The van der Waals surface area contributed by atoms with Gasteiger partial charge in [-0.25, -0.2) is 0 Å². The van der Waals surface area contributed by atoms with Crippen molar-refractivity contribution in [2.45, 2.75) is 13.0 Å². The lowest BCUT2D eigenvalue weighted by Crippen LogP contribution is -2.34. The van der Waals surface area contributed by atoms with Gasteiger partial charge in [-0.15, -0.1) is 0 Å². The monoisotopic (exact) mass is 309 g/mol. The van der Waals surface area contributed by atoms with E-state index < -0.39 is 16.9 Å². The van der Waals surface area contributed by atoms with Crippen molar-refractivity contribution in [1.82, 2.24) is 10.6 Å². The second-order valence-electron chi connectivity index (χ2n) is 5.07. The topological polar surface area (TPSA) is 114 Å². The number of rotatable bonds is 6. The van der Waals surface area contributed by atoms with Crippen molar-refractivity contribution in [3.8, 4) is 5.75 Å². The van der Waals surface area contributed by atoms with Gasteiger partial charge in [-0.2, -0.15) is 0 Å². The number of aliphatic hydroxyl groups is 1. The lowest BCUT2D eigenvalue weighted by atomic mass is 10.1. The Morgan fingerprint density at radius 1 is 1.55 bits per heavy atom. The zero-order chi connectivity index (χ0) is 16.1. The predicted molar refractivity (Wildman–Crippen MR) is 79.0 cm³/mol. The number of nitro benzene ring substituents is 1. The van der Waals surface area contributed by atoms with Crippen molar-refractivity contribution in [1.29, 1.82) is 0 Å². The van der Waals surface area contributed by atoms with Crippen molar-refractivity contribution in [2.24, 2.45) is 5.92 Å². The van der Waals surface area contributed by atoms with E-state index in [4.69, 9.17) is 4.74 Å². The second-order valence-corrected chi connectivity index (χ2v) is 5.07. The Labute approximate surface area is 127 Å². The Morgan fingerprint density at radius 3 is 2.91 bits per heavy atom. The van der Waals surface area contributed by atoms with Gasteiger partial charge in [0.05, 0.1) is 17.6 Å². The number of β-amino-alcohol motifs (C(OH)–C–C–N with tert-alkyl or cyclic N) is 1. The average molecular weight is 309 g/mol. The number of nitrogens with one attached hydrogen (secondary N) is 2. The highest BCUT2D eigenvalue weighted by Gasteiger charge is 2.25. The van der Waals surface area contributed by atoms with E-state index in [0.29, 0.717) is 26.2 Å². The molecule has 1 aromatic rings. The smallest absolute Gasteiger partial charge is 0.311 e. The van der Waals surface area contributed by atoms with Gasteiger partial charge in [0, 0.05) is 37.2 Å². The molecule has 1 aliphatic rings. The summed E-state index contributed by atoms with van der Waals surface area (Å²) in [4.78, 5) is 22.5. The Kier molecular flexibility index (Phi) is 5.29. The molecule has 8 heteroatoms. The van der Waals surface area contributed by atoms with Gasteiger partial charge >= 0.3 is 5.69 Å². The number of hydrogen-bond donors (Lipinski definition) is 3. The van der Waals surface area contributed by atoms with Crippen molar-refractivity contribution >= 4 is 11.6 Å². The summed E-state index contributed by atoms with van der Waals surface area (Å²) in [5, 5.41) is 26.4. The molecule has 1 saturated heterocycles. The number of carbonyl (C=O) groups is 1. The van der Waals surface area contributed by atoms with E-state index in [9.17, 15) is 20.0 Å². The molecule has 2 rings (SSSR count). The zero-order valence-electron chi connectivity index (χ0n) is 12.2. The highest BCUT2D eigenvalue weighted by atomic mass is 16.6. The molecule has 1 amide bonds. The molecule has 0 aromatic heterocycles. The van der Waals surface area contributed by atoms with Crippen LogP contribution >= 0.6 is 0 Å². The maximum atomic E-state index is 12.1. The third kappa shape index (κ3) is 3.71.